The number of nitrogens with two attached hydrogens (primary N) is 1. The van der Waals surface area contributed by atoms with Gasteiger partial charge in [-0.25, -0.2) is 0 Å². The van der Waals surface area contributed by atoms with Gasteiger partial charge >= 0.3 is 0 Å². The van der Waals surface area contributed by atoms with Gasteiger partial charge in [-0.3, -0.25) is 9.48 Å². The van der Waals surface area contributed by atoms with E-state index < -0.39 is 0 Å². The maximum Gasteiger partial charge on any atom is 0.227 e. The topological polar surface area (TPSA) is 82.2 Å². The second-order valence-corrected chi connectivity index (χ2v) is 5.30. The minimum Gasteiger partial charge on any atom is -0.380 e. The molecule has 0 bridgehead atoms. The highest BCUT2D eigenvalue weighted by Crippen LogP contribution is 2.21. The number of nitrogens with zero attached hydrogens (tertiary/aromatic N) is 2. The molecule has 0 saturated carbocycles. The van der Waals surface area contributed by atoms with Crippen LogP contribution in [0, 0.1) is 0 Å². The van der Waals surface area contributed by atoms with Gasteiger partial charge in [0.05, 0.1) is 24.2 Å². The highest BCUT2D eigenvalue weighted by atomic mass is 16.5. The van der Waals surface area contributed by atoms with Crippen LogP contribution in [0.2, 0.25) is 0 Å². The van der Waals surface area contributed by atoms with Crippen LogP contribution in [0.1, 0.15) is 26.3 Å². The Hall–Kier alpha value is -1.92. The molecule has 0 fully saturated rings. The molecule has 0 saturated heterocycles. The van der Waals surface area contributed by atoms with E-state index in [1.165, 1.54) is 0 Å². The molecule has 1 unspecified atom stereocenters. The first-order valence-corrected chi connectivity index (χ1v) is 7.05. The zero-order valence-electron chi connectivity index (χ0n) is 12.7. The van der Waals surface area contributed by atoms with Crippen LogP contribution in [0.3, 0.4) is 0 Å². The minimum atomic E-state index is -0.255. The predicted molar refractivity (Wildman–Crippen MR) is 83.2 cm³/mol. The summed E-state index contributed by atoms with van der Waals surface area (Å²) in [5.41, 5.74) is 7.28. The Morgan fingerprint density at radius 1 is 1.48 bits per heavy atom. The molecule has 114 valence electrons. The Morgan fingerprint density at radius 3 is 2.86 bits per heavy atom. The molecule has 6 heteroatoms. The van der Waals surface area contributed by atoms with E-state index in [1.807, 2.05) is 29.1 Å². The number of carbonyl (C=O) groups is 1. The monoisotopic (exact) mass is 290 g/mol. The van der Waals surface area contributed by atoms with E-state index in [2.05, 4.69) is 24.3 Å². The van der Waals surface area contributed by atoms with Gasteiger partial charge in [-0.2, -0.15) is 5.10 Å². The molecule has 21 heavy (non-hydrogen) atoms. The lowest BCUT2D eigenvalue weighted by Crippen LogP contribution is -2.28. The third-order valence-corrected chi connectivity index (χ3v) is 3.38. The molecule has 1 heterocycles. The fourth-order valence-corrected chi connectivity index (χ4v) is 2.21. The number of hydrogen-bond acceptors (Lipinski definition) is 4. The molecular weight excluding hydrogens is 268 g/mol. The standard InChI is InChI=1S/C15H22N4O2/c1-10(2)19-14-6-12(5-4-11(14)9-17-19)18-15(20)7-13(8-16)21-3/h4-6,9-10,13H,7-8,16H2,1-3H3,(H,18,20). The van der Waals surface area contributed by atoms with E-state index in [1.54, 1.807) is 7.11 Å². The van der Waals surface area contributed by atoms with Crippen LogP contribution < -0.4 is 11.1 Å². The first-order valence-electron chi connectivity index (χ1n) is 7.05. The smallest absolute Gasteiger partial charge is 0.227 e. The van der Waals surface area contributed by atoms with E-state index in [-0.39, 0.29) is 24.5 Å². The number of anilines is 1. The zero-order valence-corrected chi connectivity index (χ0v) is 12.7. The summed E-state index contributed by atoms with van der Waals surface area (Å²) in [6.45, 7) is 4.47. The van der Waals surface area contributed by atoms with E-state index in [4.69, 9.17) is 10.5 Å². The summed E-state index contributed by atoms with van der Waals surface area (Å²) in [5, 5.41) is 8.29. The van der Waals surface area contributed by atoms with Crippen molar-refractivity contribution in [1.29, 1.82) is 0 Å². The Balaban J connectivity index is 2.15. The Morgan fingerprint density at radius 2 is 2.24 bits per heavy atom. The van der Waals surface area contributed by atoms with Gasteiger partial charge in [0, 0.05) is 30.8 Å². The Labute approximate surface area is 124 Å². The quantitative estimate of drug-likeness (QED) is 0.851. The molecule has 1 amide bonds. The highest BCUT2D eigenvalue weighted by molar-refractivity contribution is 5.93. The van der Waals surface area contributed by atoms with Gasteiger partial charge in [0.25, 0.3) is 0 Å². The molecule has 2 aromatic rings. The molecule has 0 aliphatic carbocycles. The molecule has 6 nitrogen and oxygen atoms in total. The van der Waals surface area contributed by atoms with Crippen molar-refractivity contribution in [2.45, 2.75) is 32.4 Å². The van der Waals surface area contributed by atoms with E-state index in [9.17, 15) is 4.79 Å². The van der Waals surface area contributed by atoms with Crippen molar-refractivity contribution < 1.29 is 9.53 Å². The van der Waals surface area contributed by atoms with Crippen LogP contribution in [-0.2, 0) is 9.53 Å². The number of hydrogen-bond donors (Lipinski definition) is 2. The van der Waals surface area contributed by atoms with Crippen LogP contribution >= 0.6 is 0 Å². The van der Waals surface area contributed by atoms with Crippen molar-refractivity contribution in [3.05, 3.63) is 24.4 Å². The van der Waals surface area contributed by atoms with Crippen LogP contribution in [0.4, 0.5) is 5.69 Å². The molecule has 0 spiro atoms. The lowest BCUT2D eigenvalue weighted by atomic mass is 10.2. The lowest BCUT2D eigenvalue weighted by Gasteiger charge is -2.13. The van der Waals surface area contributed by atoms with Gasteiger partial charge in [-0.15, -0.1) is 0 Å². The highest BCUT2D eigenvalue weighted by Gasteiger charge is 2.12. The average molecular weight is 290 g/mol. The maximum absolute atomic E-state index is 12.0. The summed E-state index contributed by atoms with van der Waals surface area (Å²) < 4.78 is 7.05. The number of nitrogens with one attached hydrogen (secondary N) is 1. The maximum atomic E-state index is 12.0. The number of benzene rings is 1. The second kappa shape index (κ2) is 6.69. The van der Waals surface area contributed by atoms with Crippen LogP contribution in [0.5, 0.6) is 0 Å². The zero-order chi connectivity index (χ0) is 15.4. The summed E-state index contributed by atoms with van der Waals surface area (Å²) >= 11 is 0. The second-order valence-electron chi connectivity index (χ2n) is 5.30. The number of rotatable bonds is 6. The number of amides is 1. The molecule has 1 atom stereocenters. The largest absolute Gasteiger partial charge is 0.380 e. The SMILES string of the molecule is COC(CN)CC(=O)Nc1ccc2cnn(C(C)C)c2c1. The van der Waals surface area contributed by atoms with Crippen molar-refractivity contribution in [3.8, 4) is 0 Å². The summed E-state index contributed by atoms with van der Waals surface area (Å²) in [7, 11) is 1.55. The van der Waals surface area contributed by atoms with E-state index in [0.29, 0.717) is 6.54 Å². The third-order valence-electron chi connectivity index (χ3n) is 3.38. The van der Waals surface area contributed by atoms with Crippen LogP contribution in [0.15, 0.2) is 24.4 Å². The number of ether oxygens (including phenoxy) is 1. The van der Waals surface area contributed by atoms with Crippen molar-refractivity contribution in [1.82, 2.24) is 9.78 Å². The van der Waals surface area contributed by atoms with Crippen molar-refractivity contribution >= 4 is 22.5 Å². The summed E-state index contributed by atoms with van der Waals surface area (Å²) in [6, 6.07) is 6.03. The molecule has 3 N–H and O–H groups in total. The van der Waals surface area contributed by atoms with Crippen LogP contribution in [0.25, 0.3) is 10.9 Å². The lowest BCUT2D eigenvalue weighted by molar-refractivity contribution is -0.118. The normalized spacial score (nSPS) is 12.8. The average Bonchev–Trinajstić information content (AvgIpc) is 2.88. The molecule has 1 aromatic heterocycles. The Bertz CT molecular complexity index is 617. The van der Waals surface area contributed by atoms with Gasteiger partial charge in [-0.05, 0) is 32.0 Å². The van der Waals surface area contributed by atoms with E-state index in [0.717, 1.165) is 16.6 Å². The molecule has 0 aliphatic rings. The molecule has 0 radical (unpaired) electrons. The third kappa shape index (κ3) is 3.59. The summed E-state index contributed by atoms with van der Waals surface area (Å²) in [4.78, 5) is 12.0. The summed E-state index contributed by atoms with van der Waals surface area (Å²) in [5.74, 6) is -0.109. The fraction of sp³-hybridized carbons (Fsp3) is 0.467. The predicted octanol–water partition coefficient (Wildman–Crippen LogP) is 1.92. The van der Waals surface area contributed by atoms with Gasteiger partial charge < -0.3 is 15.8 Å². The van der Waals surface area contributed by atoms with Gasteiger partial charge in [0.1, 0.15) is 0 Å². The van der Waals surface area contributed by atoms with E-state index >= 15 is 0 Å². The number of aromatic nitrogens is 2. The number of methoxy groups -OCH3 is 1. The minimum absolute atomic E-state index is 0.109. The molecular formula is C15H22N4O2. The van der Waals surface area contributed by atoms with Gasteiger partial charge in [-0.1, -0.05) is 0 Å². The summed E-state index contributed by atoms with van der Waals surface area (Å²) in [6.07, 6.45) is 1.82. The van der Waals surface area contributed by atoms with Crippen molar-refractivity contribution in [2.24, 2.45) is 5.73 Å². The fourth-order valence-electron chi connectivity index (χ4n) is 2.21. The van der Waals surface area contributed by atoms with Gasteiger partial charge in [0.15, 0.2) is 0 Å². The van der Waals surface area contributed by atoms with Crippen molar-refractivity contribution in [3.63, 3.8) is 0 Å². The Kier molecular flexibility index (Phi) is 4.93. The number of fused-ring (bicyclic) bond motifs is 1. The first-order chi connectivity index (χ1) is 10.0. The first kappa shape index (κ1) is 15.5. The number of carbonyl (C=O) groups excluding carboxylic acids is 1. The van der Waals surface area contributed by atoms with Crippen LogP contribution in [-0.4, -0.2) is 35.4 Å². The van der Waals surface area contributed by atoms with Crippen molar-refractivity contribution in [2.75, 3.05) is 19.0 Å². The van der Waals surface area contributed by atoms with Gasteiger partial charge in [0.2, 0.25) is 5.91 Å². The molecule has 1 aromatic carbocycles. The molecule has 2 rings (SSSR count). The molecule has 0 aliphatic heterocycles.